The minimum Gasteiger partial charge on any atom is -0.326 e. The van der Waals surface area contributed by atoms with Gasteiger partial charge in [-0.3, -0.25) is 0 Å². The molecule has 1 nitrogen and oxygen atoms in total. The van der Waals surface area contributed by atoms with Crippen LogP contribution in [0, 0.1) is 12.7 Å². The second-order valence-corrected chi connectivity index (χ2v) is 5.93. The summed E-state index contributed by atoms with van der Waals surface area (Å²) in [5.74, 6) is -2.37. The maximum atomic E-state index is 13.7. The molecule has 0 aliphatic heterocycles. The summed E-state index contributed by atoms with van der Waals surface area (Å²) in [7, 11) is 0. The van der Waals surface area contributed by atoms with E-state index in [2.05, 4.69) is 0 Å². The van der Waals surface area contributed by atoms with Crippen LogP contribution in [-0.2, 0) is 6.54 Å². The largest absolute Gasteiger partial charge is 0.399 e. The van der Waals surface area contributed by atoms with Gasteiger partial charge in [-0.2, -0.15) is 13.2 Å². The Bertz CT molecular complexity index is 733. The Hall–Kier alpha value is -1.85. The van der Waals surface area contributed by atoms with Gasteiger partial charge < -0.3 is 5.73 Å². The zero-order valence-electron chi connectivity index (χ0n) is 12.9. The average molecular weight is 358 g/mol. The SMILES string of the molecule is Cc1cc(Cl)cc(C(/C=C/c2ccc(CN)c(F)c2)C(F)(F)F)c1. The van der Waals surface area contributed by atoms with Crippen molar-refractivity contribution in [2.45, 2.75) is 25.6 Å². The van der Waals surface area contributed by atoms with E-state index < -0.39 is 17.9 Å². The number of nitrogens with two attached hydrogens (primary N) is 1. The van der Waals surface area contributed by atoms with Crippen LogP contribution in [0.15, 0.2) is 42.5 Å². The van der Waals surface area contributed by atoms with E-state index in [4.69, 9.17) is 17.3 Å². The standard InChI is InChI=1S/C18H16ClF4N/c1-11-6-14(9-15(19)7-11)16(18(21,22)23)5-3-12-2-4-13(10-24)17(20)8-12/h2-9,16H,10,24H2,1H3/b5-3+. The molecule has 0 bridgehead atoms. The van der Waals surface area contributed by atoms with Crippen LogP contribution >= 0.6 is 11.6 Å². The molecule has 2 aromatic carbocycles. The van der Waals surface area contributed by atoms with Gasteiger partial charge in [0.05, 0.1) is 5.92 Å². The van der Waals surface area contributed by atoms with Gasteiger partial charge in [-0.25, -0.2) is 4.39 Å². The molecule has 0 aliphatic carbocycles. The number of hydrogen-bond donors (Lipinski definition) is 1. The zero-order chi connectivity index (χ0) is 17.9. The first-order valence-corrected chi connectivity index (χ1v) is 7.59. The van der Waals surface area contributed by atoms with E-state index in [0.29, 0.717) is 16.7 Å². The lowest BCUT2D eigenvalue weighted by Gasteiger charge is -2.18. The fraction of sp³-hybridized carbons (Fsp3) is 0.222. The summed E-state index contributed by atoms with van der Waals surface area (Å²) in [6.45, 7) is 1.70. The normalized spacial score (nSPS) is 13.5. The van der Waals surface area contributed by atoms with Crippen LogP contribution in [0.4, 0.5) is 17.6 Å². The lowest BCUT2D eigenvalue weighted by Crippen LogP contribution is -2.19. The van der Waals surface area contributed by atoms with E-state index in [0.717, 1.165) is 12.1 Å². The first-order chi connectivity index (χ1) is 11.2. The summed E-state index contributed by atoms with van der Waals surface area (Å²) in [6, 6.07) is 8.46. The van der Waals surface area contributed by atoms with Crippen LogP contribution in [-0.4, -0.2) is 6.18 Å². The molecule has 2 aromatic rings. The third kappa shape index (κ3) is 4.58. The molecule has 0 aliphatic rings. The molecule has 0 radical (unpaired) electrons. The van der Waals surface area contributed by atoms with Gasteiger partial charge in [0.15, 0.2) is 0 Å². The van der Waals surface area contributed by atoms with Crippen LogP contribution < -0.4 is 5.73 Å². The van der Waals surface area contributed by atoms with Gasteiger partial charge in [0.2, 0.25) is 0 Å². The third-order valence-corrected chi connectivity index (χ3v) is 3.77. The van der Waals surface area contributed by atoms with Crippen molar-refractivity contribution in [2.24, 2.45) is 5.73 Å². The highest BCUT2D eigenvalue weighted by Crippen LogP contribution is 2.37. The number of alkyl halides is 3. The summed E-state index contributed by atoms with van der Waals surface area (Å²) in [6.07, 6.45) is -2.23. The Morgan fingerprint density at radius 1 is 1.17 bits per heavy atom. The molecule has 0 saturated heterocycles. The third-order valence-electron chi connectivity index (χ3n) is 3.55. The molecule has 2 N–H and O–H groups in total. The van der Waals surface area contributed by atoms with E-state index in [9.17, 15) is 17.6 Å². The van der Waals surface area contributed by atoms with E-state index in [1.807, 2.05) is 0 Å². The molecule has 2 rings (SSSR count). The van der Waals surface area contributed by atoms with Gasteiger partial charge in [-0.15, -0.1) is 0 Å². The molecule has 0 saturated carbocycles. The Morgan fingerprint density at radius 3 is 2.42 bits per heavy atom. The Balaban J connectivity index is 2.38. The molecule has 1 unspecified atom stereocenters. The van der Waals surface area contributed by atoms with Gasteiger partial charge in [0.25, 0.3) is 0 Å². The van der Waals surface area contributed by atoms with Crippen molar-refractivity contribution >= 4 is 17.7 Å². The number of aryl methyl sites for hydroxylation is 1. The van der Waals surface area contributed by atoms with Gasteiger partial charge in [0, 0.05) is 17.1 Å². The monoisotopic (exact) mass is 357 g/mol. The van der Waals surface area contributed by atoms with Gasteiger partial charge in [-0.05, 0) is 41.8 Å². The van der Waals surface area contributed by atoms with Crippen LogP contribution in [0.25, 0.3) is 6.08 Å². The van der Waals surface area contributed by atoms with Crippen LogP contribution in [0.3, 0.4) is 0 Å². The Labute approximate surface area is 142 Å². The van der Waals surface area contributed by atoms with Gasteiger partial charge in [-0.1, -0.05) is 42.0 Å². The predicted molar refractivity (Wildman–Crippen MR) is 88.3 cm³/mol. The molecule has 0 amide bonds. The number of rotatable bonds is 4. The van der Waals surface area contributed by atoms with E-state index in [1.165, 1.54) is 30.3 Å². The Kier molecular flexibility index (Phi) is 5.67. The average Bonchev–Trinajstić information content (AvgIpc) is 2.45. The highest BCUT2D eigenvalue weighted by molar-refractivity contribution is 6.30. The minimum atomic E-state index is -4.48. The number of halogens is 5. The van der Waals surface area contributed by atoms with E-state index in [1.54, 1.807) is 13.0 Å². The number of allylic oxidation sites excluding steroid dienone is 1. The maximum absolute atomic E-state index is 13.7. The second kappa shape index (κ2) is 7.36. The molecular weight excluding hydrogens is 342 g/mol. The van der Waals surface area contributed by atoms with Crippen LogP contribution in [0.2, 0.25) is 5.02 Å². The zero-order valence-corrected chi connectivity index (χ0v) is 13.6. The molecule has 1 atom stereocenters. The quantitative estimate of drug-likeness (QED) is 0.707. The van der Waals surface area contributed by atoms with Crippen molar-refractivity contribution in [1.29, 1.82) is 0 Å². The lowest BCUT2D eigenvalue weighted by atomic mass is 9.95. The molecule has 0 aromatic heterocycles. The molecule has 6 heteroatoms. The fourth-order valence-electron chi connectivity index (χ4n) is 2.39. The van der Waals surface area contributed by atoms with Crippen molar-refractivity contribution in [3.63, 3.8) is 0 Å². The molecule has 128 valence electrons. The smallest absolute Gasteiger partial charge is 0.326 e. The van der Waals surface area contributed by atoms with Crippen LogP contribution in [0.1, 0.15) is 28.2 Å². The van der Waals surface area contributed by atoms with E-state index in [-0.39, 0.29) is 17.1 Å². The molecule has 0 heterocycles. The van der Waals surface area contributed by atoms with Crippen molar-refractivity contribution < 1.29 is 17.6 Å². The molecular formula is C18H16ClF4N. The summed E-state index contributed by atoms with van der Waals surface area (Å²) < 4.78 is 53.8. The van der Waals surface area contributed by atoms with Gasteiger partial charge in [0.1, 0.15) is 5.82 Å². The fourth-order valence-corrected chi connectivity index (χ4v) is 2.69. The number of hydrogen-bond acceptors (Lipinski definition) is 1. The number of benzene rings is 2. The first-order valence-electron chi connectivity index (χ1n) is 7.21. The summed E-state index contributed by atoms with van der Waals surface area (Å²) >= 11 is 5.86. The molecule has 0 fully saturated rings. The molecule has 24 heavy (non-hydrogen) atoms. The molecule has 0 spiro atoms. The predicted octanol–water partition coefficient (Wildman–Crippen LogP) is 5.61. The summed E-state index contributed by atoms with van der Waals surface area (Å²) in [5.41, 5.74) is 6.69. The van der Waals surface area contributed by atoms with Crippen LogP contribution in [0.5, 0.6) is 0 Å². The highest BCUT2D eigenvalue weighted by Gasteiger charge is 2.39. The van der Waals surface area contributed by atoms with Crippen molar-refractivity contribution in [3.8, 4) is 0 Å². The van der Waals surface area contributed by atoms with Gasteiger partial charge >= 0.3 is 6.18 Å². The first kappa shape index (κ1) is 18.5. The van der Waals surface area contributed by atoms with Crippen molar-refractivity contribution in [1.82, 2.24) is 0 Å². The maximum Gasteiger partial charge on any atom is 0.399 e. The Morgan fingerprint density at radius 2 is 1.88 bits per heavy atom. The highest BCUT2D eigenvalue weighted by atomic mass is 35.5. The summed E-state index contributed by atoms with van der Waals surface area (Å²) in [5, 5.41) is 0.242. The van der Waals surface area contributed by atoms with Crippen molar-refractivity contribution in [3.05, 3.63) is 75.6 Å². The summed E-state index contributed by atoms with van der Waals surface area (Å²) in [4.78, 5) is 0. The van der Waals surface area contributed by atoms with Crippen molar-refractivity contribution in [2.75, 3.05) is 0 Å². The lowest BCUT2D eigenvalue weighted by molar-refractivity contribution is -0.139. The second-order valence-electron chi connectivity index (χ2n) is 5.50. The van der Waals surface area contributed by atoms with E-state index >= 15 is 0 Å². The topological polar surface area (TPSA) is 26.0 Å². The minimum absolute atomic E-state index is 0.0306.